The van der Waals surface area contributed by atoms with Crippen molar-refractivity contribution in [3.63, 3.8) is 0 Å². The Labute approximate surface area is 176 Å². The first-order chi connectivity index (χ1) is 14.5. The van der Waals surface area contributed by atoms with Gasteiger partial charge in [0.15, 0.2) is 0 Å². The van der Waals surface area contributed by atoms with E-state index in [1.807, 2.05) is 21.8 Å². The van der Waals surface area contributed by atoms with Gasteiger partial charge in [0.05, 0.1) is 15.9 Å². The molecule has 1 atom stereocenters. The van der Waals surface area contributed by atoms with Crippen molar-refractivity contribution in [2.45, 2.75) is 49.5 Å². The number of benzene rings is 1. The first-order valence-corrected chi connectivity index (χ1v) is 11.9. The van der Waals surface area contributed by atoms with Crippen molar-refractivity contribution in [1.82, 2.24) is 14.1 Å². The second-order valence-electron chi connectivity index (χ2n) is 7.95. The number of hydrogen-bond donors (Lipinski definition) is 0. The van der Waals surface area contributed by atoms with Crippen molar-refractivity contribution < 1.29 is 13.3 Å². The summed E-state index contributed by atoms with van der Waals surface area (Å²) in [6.45, 7) is 2.22. The minimum Gasteiger partial charge on any atom is -0.364 e. The number of hydrogen-bond acceptors (Lipinski definition) is 6. The number of nitro benzene ring substituents is 1. The number of nitrogens with zero attached hydrogens (tertiary/aromatic N) is 5. The number of anilines is 1. The Morgan fingerprint density at radius 3 is 2.50 bits per heavy atom. The van der Waals surface area contributed by atoms with Gasteiger partial charge in [-0.05, 0) is 43.9 Å². The molecule has 3 heterocycles. The molecule has 0 N–H and O–H groups in total. The fraction of sp³-hybridized carbons (Fsp3) is 0.550. The molecule has 2 aliphatic heterocycles. The Balaban J connectivity index is 1.63. The van der Waals surface area contributed by atoms with E-state index in [-0.39, 0.29) is 16.6 Å². The van der Waals surface area contributed by atoms with Gasteiger partial charge in [0.1, 0.15) is 5.69 Å². The number of rotatable bonds is 5. The third-order valence-corrected chi connectivity index (χ3v) is 7.88. The zero-order valence-electron chi connectivity index (χ0n) is 16.9. The normalized spacial score (nSPS) is 21.3. The lowest BCUT2D eigenvalue weighted by Crippen LogP contribution is -2.37. The predicted molar refractivity (Wildman–Crippen MR) is 113 cm³/mol. The van der Waals surface area contributed by atoms with Gasteiger partial charge in [-0.3, -0.25) is 14.8 Å². The molecule has 2 aromatic rings. The maximum Gasteiger partial charge on any atom is 0.293 e. The van der Waals surface area contributed by atoms with Gasteiger partial charge in [-0.15, -0.1) is 0 Å². The monoisotopic (exact) mass is 433 g/mol. The van der Waals surface area contributed by atoms with Crippen molar-refractivity contribution >= 4 is 21.4 Å². The van der Waals surface area contributed by atoms with Crippen molar-refractivity contribution in [3.05, 3.63) is 46.8 Å². The third kappa shape index (κ3) is 4.20. The Hall–Kier alpha value is -2.46. The molecule has 4 rings (SSSR count). The standard InChI is InChI=1S/C20H27N5O4S/c26-25(27)20-15-18(30(28,29)23-12-3-1-2-4-13-23)8-9-19(20)22-11-5-7-17(16-22)24-14-6-10-21-24/h6,8-10,14-15,17H,1-5,7,11-13,16H2. The Morgan fingerprint density at radius 2 is 1.83 bits per heavy atom. The minimum atomic E-state index is -3.74. The molecule has 0 saturated carbocycles. The fourth-order valence-electron chi connectivity index (χ4n) is 4.39. The van der Waals surface area contributed by atoms with E-state index in [0.29, 0.717) is 31.9 Å². The molecule has 9 nitrogen and oxygen atoms in total. The summed E-state index contributed by atoms with van der Waals surface area (Å²) in [5, 5.41) is 16.1. The summed E-state index contributed by atoms with van der Waals surface area (Å²) >= 11 is 0. The van der Waals surface area contributed by atoms with Gasteiger partial charge in [-0.2, -0.15) is 9.40 Å². The van der Waals surface area contributed by atoms with Crippen LogP contribution in [0.3, 0.4) is 0 Å². The predicted octanol–water partition coefficient (Wildman–Crippen LogP) is 3.20. The number of nitro groups is 1. The molecule has 0 radical (unpaired) electrons. The van der Waals surface area contributed by atoms with E-state index < -0.39 is 14.9 Å². The zero-order valence-corrected chi connectivity index (χ0v) is 17.7. The first kappa shape index (κ1) is 20.8. The molecule has 30 heavy (non-hydrogen) atoms. The molecule has 162 valence electrons. The molecular formula is C20H27N5O4S. The topological polar surface area (TPSA) is 102 Å². The van der Waals surface area contributed by atoms with Crippen LogP contribution in [0.5, 0.6) is 0 Å². The summed E-state index contributed by atoms with van der Waals surface area (Å²) in [5.74, 6) is 0. The highest BCUT2D eigenvalue weighted by atomic mass is 32.2. The SMILES string of the molecule is O=[N+]([O-])c1cc(S(=O)(=O)N2CCCCCC2)ccc1N1CCCC(n2cccn2)C1. The van der Waals surface area contributed by atoms with Gasteiger partial charge in [0, 0.05) is 44.6 Å². The lowest BCUT2D eigenvalue weighted by Gasteiger charge is -2.34. The average Bonchev–Trinajstić information content (AvgIpc) is 3.15. The van der Waals surface area contributed by atoms with Gasteiger partial charge in [-0.25, -0.2) is 8.42 Å². The summed E-state index contributed by atoms with van der Waals surface area (Å²) in [6.07, 6.45) is 9.13. The maximum atomic E-state index is 13.1. The Morgan fingerprint density at radius 1 is 1.07 bits per heavy atom. The molecule has 2 saturated heterocycles. The highest BCUT2D eigenvalue weighted by molar-refractivity contribution is 7.89. The highest BCUT2D eigenvalue weighted by Crippen LogP contribution is 2.35. The summed E-state index contributed by atoms with van der Waals surface area (Å²) in [6, 6.07) is 6.33. The highest BCUT2D eigenvalue weighted by Gasteiger charge is 2.31. The van der Waals surface area contributed by atoms with E-state index >= 15 is 0 Å². The largest absolute Gasteiger partial charge is 0.364 e. The Bertz CT molecular complexity index is 985. The molecule has 1 unspecified atom stereocenters. The van der Waals surface area contributed by atoms with Crippen LogP contribution in [0.25, 0.3) is 0 Å². The van der Waals surface area contributed by atoms with Gasteiger partial charge in [0.25, 0.3) is 5.69 Å². The second kappa shape index (κ2) is 8.73. The summed E-state index contributed by atoms with van der Waals surface area (Å²) in [5.41, 5.74) is 0.304. The average molecular weight is 434 g/mol. The maximum absolute atomic E-state index is 13.1. The van der Waals surface area contributed by atoms with E-state index in [1.165, 1.54) is 16.4 Å². The third-order valence-electron chi connectivity index (χ3n) is 5.98. The fourth-order valence-corrected chi connectivity index (χ4v) is 5.93. The number of aromatic nitrogens is 2. The van der Waals surface area contributed by atoms with Crippen molar-refractivity contribution in [2.75, 3.05) is 31.1 Å². The molecule has 10 heteroatoms. The molecule has 1 aromatic heterocycles. The summed E-state index contributed by atoms with van der Waals surface area (Å²) < 4.78 is 29.5. The van der Waals surface area contributed by atoms with Gasteiger partial charge < -0.3 is 4.90 Å². The summed E-state index contributed by atoms with van der Waals surface area (Å²) in [4.78, 5) is 13.3. The Kier molecular flexibility index (Phi) is 6.05. The number of sulfonamides is 1. The van der Waals surface area contributed by atoms with Crippen LogP contribution in [0.1, 0.15) is 44.6 Å². The van der Waals surface area contributed by atoms with Crippen LogP contribution in [0.4, 0.5) is 11.4 Å². The van der Waals surface area contributed by atoms with E-state index in [4.69, 9.17) is 0 Å². The zero-order chi connectivity index (χ0) is 21.1. The van der Waals surface area contributed by atoms with Crippen LogP contribution in [0.2, 0.25) is 0 Å². The molecule has 0 spiro atoms. The second-order valence-corrected chi connectivity index (χ2v) is 9.89. The molecule has 0 amide bonds. The van der Waals surface area contributed by atoms with E-state index in [1.54, 1.807) is 12.3 Å². The smallest absolute Gasteiger partial charge is 0.293 e. The van der Waals surface area contributed by atoms with Crippen LogP contribution < -0.4 is 4.90 Å². The van der Waals surface area contributed by atoms with Crippen LogP contribution in [0.15, 0.2) is 41.6 Å². The molecular weight excluding hydrogens is 406 g/mol. The van der Waals surface area contributed by atoms with Crippen molar-refractivity contribution in [2.24, 2.45) is 0 Å². The quantitative estimate of drug-likeness (QED) is 0.530. The van der Waals surface area contributed by atoms with Crippen LogP contribution >= 0.6 is 0 Å². The molecule has 2 fully saturated rings. The van der Waals surface area contributed by atoms with Gasteiger partial charge in [-0.1, -0.05) is 12.8 Å². The summed E-state index contributed by atoms with van der Waals surface area (Å²) in [7, 11) is -3.74. The molecule has 0 aliphatic carbocycles. The van der Waals surface area contributed by atoms with Gasteiger partial charge in [0.2, 0.25) is 10.0 Å². The number of piperidine rings is 1. The van der Waals surface area contributed by atoms with E-state index in [9.17, 15) is 18.5 Å². The molecule has 2 aliphatic rings. The van der Waals surface area contributed by atoms with E-state index in [0.717, 1.165) is 38.5 Å². The minimum absolute atomic E-state index is 0.000450. The van der Waals surface area contributed by atoms with E-state index in [2.05, 4.69) is 5.10 Å². The lowest BCUT2D eigenvalue weighted by molar-refractivity contribution is -0.384. The molecule has 1 aromatic carbocycles. The lowest BCUT2D eigenvalue weighted by atomic mass is 10.0. The first-order valence-electron chi connectivity index (χ1n) is 10.5. The molecule has 0 bridgehead atoms. The van der Waals surface area contributed by atoms with Crippen LogP contribution in [-0.4, -0.2) is 53.6 Å². The van der Waals surface area contributed by atoms with Gasteiger partial charge >= 0.3 is 0 Å². The van der Waals surface area contributed by atoms with Crippen LogP contribution in [0, 0.1) is 10.1 Å². The van der Waals surface area contributed by atoms with Crippen molar-refractivity contribution in [1.29, 1.82) is 0 Å². The van der Waals surface area contributed by atoms with Crippen LogP contribution in [-0.2, 0) is 10.0 Å². The van der Waals surface area contributed by atoms with Crippen molar-refractivity contribution in [3.8, 4) is 0 Å².